The molecule has 3 rings (SSSR count). The van der Waals surface area contributed by atoms with Gasteiger partial charge < -0.3 is 9.64 Å². The van der Waals surface area contributed by atoms with Crippen LogP contribution in [0.2, 0.25) is 0 Å². The van der Waals surface area contributed by atoms with Crippen LogP contribution in [-0.2, 0) is 17.8 Å². The molecule has 1 aromatic heterocycles. The van der Waals surface area contributed by atoms with Gasteiger partial charge in [0.2, 0.25) is 0 Å². The number of rotatable bonds is 4. The zero-order valence-electron chi connectivity index (χ0n) is 13.6. The topological polar surface area (TPSA) is 78.2 Å². The van der Waals surface area contributed by atoms with E-state index in [1.165, 1.54) is 16.2 Å². The van der Waals surface area contributed by atoms with Gasteiger partial charge in [-0.05, 0) is 26.1 Å². The van der Waals surface area contributed by atoms with Gasteiger partial charge in [0.05, 0.1) is 11.3 Å². The molecule has 0 aliphatic carbocycles. The number of aromatic nitrogens is 1. The molecule has 1 aromatic carbocycles. The summed E-state index contributed by atoms with van der Waals surface area (Å²) in [5.74, 6) is 0.130. The van der Waals surface area contributed by atoms with Gasteiger partial charge in [-0.25, -0.2) is 4.98 Å². The van der Waals surface area contributed by atoms with Crippen LogP contribution in [0, 0.1) is 11.3 Å². The van der Waals surface area contributed by atoms with Crippen molar-refractivity contribution < 1.29 is 9.53 Å². The van der Waals surface area contributed by atoms with Gasteiger partial charge in [-0.2, -0.15) is 5.26 Å². The highest BCUT2D eigenvalue weighted by Crippen LogP contribution is 2.28. The quantitative estimate of drug-likeness (QED) is 0.923. The number of likely N-dealkylation sites (N-methyl/N-ethyl adjacent to an activating group) is 1. The lowest BCUT2D eigenvalue weighted by Crippen LogP contribution is -2.30. The van der Waals surface area contributed by atoms with Crippen molar-refractivity contribution in [2.45, 2.75) is 26.0 Å². The number of nitrogens with one attached hydrogen (secondary N) is 1. The molecule has 0 radical (unpaired) electrons. The summed E-state index contributed by atoms with van der Waals surface area (Å²) in [5, 5.41) is 12.5. The number of benzene rings is 1. The van der Waals surface area contributed by atoms with Crippen LogP contribution in [0.1, 0.15) is 23.1 Å². The number of anilines is 1. The number of fused-ring (bicyclic) bond motifs is 1. The summed E-state index contributed by atoms with van der Waals surface area (Å²) in [5.41, 5.74) is 1.47. The molecule has 0 saturated carbocycles. The van der Waals surface area contributed by atoms with Crippen LogP contribution in [0.4, 0.5) is 5.13 Å². The van der Waals surface area contributed by atoms with Crippen molar-refractivity contribution >= 4 is 22.4 Å². The number of carbonyl (C=O) groups is 1. The van der Waals surface area contributed by atoms with Crippen molar-refractivity contribution in [1.29, 1.82) is 5.26 Å². The molecule has 2 heterocycles. The van der Waals surface area contributed by atoms with Crippen LogP contribution >= 0.6 is 11.3 Å². The monoisotopic (exact) mass is 342 g/mol. The highest BCUT2D eigenvalue weighted by atomic mass is 32.1. The number of nitrogens with zero attached hydrogens (tertiary/aromatic N) is 3. The molecule has 124 valence electrons. The van der Waals surface area contributed by atoms with E-state index in [-0.39, 0.29) is 5.91 Å². The van der Waals surface area contributed by atoms with E-state index in [2.05, 4.69) is 28.3 Å². The first-order chi connectivity index (χ1) is 11.6. The summed E-state index contributed by atoms with van der Waals surface area (Å²) >= 11 is 1.51. The Morgan fingerprint density at radius 2 is 2.29 bits per heavy atom. The van der Waals surface area contributed by atoms with Gasteiger partial charge in [-0.1, -0.05) is 12.1 Å². The van der Waals surface area contributed by atoms with Crippen LogP contribution in [0.3, 0.4) is 0 Å². The normalized spacial score (nSPS) is 15.2. The summed E-state index contributed by atoms with van der Waals surface area (Å²) in [4.78, 5) is 20.3. The highest BCUT2D eigenvalue weighted by molar-refractivity contribution is 7.15. The first kappa shape index (κ1) is 16.4. The average Bonchev–Trinajstić information content (AvgIpc) is 2.96. The van der Waals surface area contributed by atoms with E-state index in [9.17, 15) is 4.79 Å². The minimum atomic E-state index is -0.719. The molecule has 0 fully saturated rings. The second-order valence-corrected chi connectivity index (χ2v) is 6.82. The van der Waals surface area contributed by atoms with Crippen molar-refractivity contribution in [3.63, 3.8) is 0 Å². The minimum Gasteiger partial charge on any atom is -0.480 e. The lowest BCUT2D eigenvalue weighted by Gasteiger charge is -2.20. The Morgan fingerprint density at radius 1 is 1.50 bits per heavy atom. The molecule has 7 heteroatoms. The predicted molar refractivity (Wildman–Crippen MR) is 92.0 cm³/mol. The molecule has 2 aromatic rings. The molecular formula is C17H18N4O2S. The fourth-order valence-electron chi connectivity index (χ4n) is 2.49. The highest BCUT2D eigenvalue weighted by Gasteiger charge is 2.21. The van der Waals surface area contributed by atoms with E-state index < -0.39 is 6.10 Å². The molecule has 0 unspecified atom stereocenters. The lowest BCUT2D eigenvalue weighted by atomic mass is 10.2. The lowest BCUT2D eigenvalue weighted by molar-refractivity contribution is -0.122. The molecule has 24 heavy (non-hydrogen) atoms. The van der Waals surface area contributed by atoms with Gasteiger partial charge in [-0.15, -0.1) is 11.3 Å². The number of thiazole rings is 1. The number of hydrogen-bond acceptors (Lipinski definition) is 6. The van der Waals surface area contributed by atoms with Crippen LogP contribution in [0.5, 0.6) is 5.75 Å². The zero-order chi connectivity index (χ0) is 17.1. The van der Waals surface area contributed by atoms with Crippen LogP contribution in [0.15, 0.2) is 24.3 Å². The standard InChI is InChI=1S/C17H18N4O2S/c1-11(23-14-6-4-3-5-12(14)9-18)16(22)20-17-19-13-7-8-21(2)10-15(13)24-17/h3-6,11H,7-8,10H2,1-2H3,(H,19,20,22)/t11-/m1/s1. The van der Waals surface area contributed by atoms with E-state index in [1.54, 1.807) is 31.2 Å². The molecule has 1 aliphatic heterocycles. The second kappa shape index (κ2) is 6.99. The Labute approximate surface area is 144 Å². The Hall–Kier alpha value is -2.43. The molecule has 1 amide bonds. The molecular weight excluding hydrogens is 324 g/mol. The first-order valence-corrected chi connectivity index (χ1v) is 8.52. The number of para-hydroxylation sites is 1. The number of carbonyl (C=O) groups excluding carboxylic acids is 1. The van der Waals surface area contributed by atoms with E-state index in [1.807, 2.05) is 0 Å². The maximum absolute atomic E-state index is 12.3. The third-order valence-corrected chi connectivity index (χ3v) is 4.83. The Kier molecular flexibility index (Phi) is 4.79. The van der Waals surface area contributed by atoms with Gasteiger partial charge in [0.25, 0.3) is 5.91 Å². The van der Waals surface area contributed by atoms with Crippen LogP contribution in [0.25, 0.3) is 0 Å². The third kappa shape index (κ3) is 3.55. The van der Waals surface area contributed by atoms with Crippen molar-refractivity contribution in [3.8, 4) is 11.8 Å². The minimum absolute atomic E-state index is 0.276. The number of amides is 1. The zero-order valence-corrected chi connectivity index (χ0v) is 14.4. The van der Waals surface area contributed by atoms with Gasteiger partial charge in [0, 0.05) is 24.4 Å². The van der Waals surface area contributed by atoms with E-state index in [0.29, 0.717) is 16.4 Å². The van der Waals surface area contributed by atoms with Gasteiger partial charge >= 0.3 is 0 Å². The molecule has 0 saturated heterocycles. The SMILES string of the molecule is C[C@@H](Oc1ccccc1C#N)C(=O)Nc1nc2c(s1)CN(C)CC2. The summed E-state index contributed by atoms with van der Waals surface area (Å²) in [6.45, 7) is 3.50. The first-order valence-electron chi connectivity index (χ1n) is 7.70. The van der Waals surface area contributed by atoms with Crippen molar-refractivity contribution in [2.24, 2.45) is 0 Å². The molecule has 0 spiro atoms. The van der Waals surface area contributed by atoms with Gasteiger partial charge in [0.15, 0.2) is 11.2 Å². The molecule has 1 aliphatic rings. The molecule has 0 bridgehead atoms. The third-order valence-electron chi connectivity index (χ3n) is 3.83. The largest absolute Gasteiger partial charge is 0.480 e. The van der Waals surface area contributed by atoms with E-state index in [4.69, 9.17) is 10.00 Å². The van der Waals surface area contributed by atoms with Crippen LogP contribution in [-0.4, -0.2) is 35.5 Å². The molecule has 1 atom stereocenters. The van der Waals surface area contributed by atoms with Crippen molar-refractivity contribution in [2.75, 3.05) is 18.9 Å². The number of nitriles is 1. The Bertz CT molecular complexity index is 796. The van der Waals surface area contributed by atoms with E-state index >= 15 is 0 Å². The predicted octanol–water partition coefficient (Wildman–Crippen LogP) is 2.41. The summed E-state index contributed by atoms with van der Waals surface area (Å²) in [7, 11) is 2.07. The molecule has 6 nitrogen and oxygen atoms in total. The van der Waals surface area contributed by atoms with Crippen LogP contribution < -0.4 is 10.1 Å². The maximum atomic E-state index is 12.3. The smallest absolute Gasteiger partial charge is 0.266 e. The number of ether oxygens (including phenoxy) is 1. The fraction of sp³-hybridized carbons (Fsp3) is 0.353. The maximum Gasteiger partial charge on any atom is 0.266 e. The molecule has 1 N–H and O–H groups in total. The number of hydrogen-bond donors (Lipinski definition) is 1. The fourth-order valence-corrected chi connectivity index (χ4v) is 3.58. The van der Waals surface area contributed by atoms with Crippen molar-refractivity contribution in [1.82, 2.24) is 9.88 Å². The Balaban J connectivity index is 1.66. The van der Waals surface area contributed by atoms with Gasteiger partial charge in [-0.3, -0.25) is 10.1 Å². The van der Waals surface area contributed by atoms with Gasteiger partial charge in [0.1, 0.15) is 11.8 Å². The van der Waals surface area contributed by atoms with E-state index in [0.717, 1.165) is 25.2 Å². The summed E-state index contributed by atoms with van der Waals surface area (Å²) in [6, 6.07) is 8.92. The second-order valence-electron chi connectivity index (χ2n) is 5.73. The summed E-state index contributed by atoms with van der Waals surface area (Å²) < 4.78 is 5.62. The average molecular weight is 342 g/mol. The van der Waals surface area contributed by atoms with Crippen molar-refractivity contribution in [3.05, 3.63) is 40.4 Å². The summed E-state index contributed by atoms with van der Waals surface area (Å²) in [6.07, 6.45) is 0.183. The Morgan fingerprint density at radius 3 is 3.08 bits per heavy atom.